The molecule has 0 fully saturated rings. The van der Waals surface area contributed by atoms with Crippen molar-refractivity contribution in [1.82, 2.24) is 9.80 Å². The Morgan fingerprint density at radius 3 is 1.22 bits per heavy atom. The van der Waals surface area contributed by atoms with Crippen molar-refractivity contribution in [2.75, 3.05) is 14.2 Å². The number of amides is 2. The van der Waals surface area contributed by atoms with E-state index >= 15 is 9.59 Å². The lowest BCUT2D eigenvalue weighted by Crippen LogP contribution is -2.39. The highest BCUT2D eigenvalue weighted by molar-refractivity contribution is 7.17. The highest BCUT2D eigenvalue weighted by atomic mass is 32.1. The second-order valence-electron chi connectivity index (χ2n) is 13.0. The number of carbonyl (C=O) groups is 2. The van der Waals surface area contributed by atoms with E-state index in [1.54, 1.807) is 36.9 Å². The molecule has 262 valence electrons. The molecule has 0 aliphatic carbocycles. The summed E-state index contributed by atoms with van der Waals surface area (Å²) in [6, 6.07) is 24.5. The van der Waals surface area contributed by atoms with E-state index < -0.39 is 0 Å². The number of rotatable bonds is 16. The van der Waals surface area contributed by atoms with E-state index in [4.69, 9.17) is 9.47 Å². The average molecular weight is 709 g/mol. The summed E-state index contributed by atoms with van der Waals surface area (Å²) in [5, 5.41) is 0. The molecule has 2 aromatic carbocycles. The molecule has 2 aliphatic rings. The SMILES string of the molecule is CCCCC(CC)N1C(=O)C2=C(c3ccc(-c4ccc(OC)cc4)s3)N(C(CC)CCCC)C(=O)C2=C1c1ccc(-c2ccc(OC)cc2)s1. The highest BCUT2D eigenvalue weighted by Gasteiger charge is 2.52. The molecule has 0 saturated heterocycles. The summed E-state index contributed by atoms with van der Waals surface area (Å²) in [5.74, 6) is 1.52. The van der Waals surface area contributed by atoms with Crippen molar-refractivity contribution in [3.8, 4) is 32.4 Å². The van der Waals surface area contributed by atoms with E-state index in [0.29, 0.717) is 11.1 Å². The first kappa shape index (κ1) is 35.7. The molecule has 50 heavy (non-hydrogen) atoms. The van der Waals surface area contributed by atoms with E-state index in [0.717, 1.165) is 105 Å². The smallest absolute Gasteiger partial charge is 0.261 e. The Morgan fingerprint density at radius 1 is 0.540 bits per heavy atom. The minimum atomic E-state index is -0.0482. The normalized spacial score (nSPS) is 15.7. The molecular weight excluding hydrogens is 661 g/mol. The van der Waals surface area contributed by atoms with Gasteiger partial charge in [0.15, 0.2) is 0 Å². The van der Waals surface area contributed by atoms with Gasteiger partial charge in [0.2, 0.25) is 0 Å². The molecule has 0 spiro atoms. The topological polar surface area (TPSA) is 59.1 Å². The van der Waals surface area contributed by atoms with Crippen molar-refractivity contribution >= 4 is 45.9 Å². The van der Waals surface area contributed by atoms with Crippen LogP contribution >= 0.6 is 22.7 Å². The number of ether oxygens (including phenoxy) is 2. The number of nitrogens with zero attached hydrogens (tertiary/aromatic N) is 2. The Morgan fingerprint density at radius 2 is 0.900 bits per heavy atom. The maximum absolute atomic E-state index is 15.1. The van der Waals surface area contributed by atoms with Crippen LogP contribution in [0, 0.1) is 0 Å². The third kappa shape index (κ3) is 6.68. The van der Waals surface area contributed by atoms with Gasteiger partial charge in [0.1, 0.15) is 11.5 Å². The van der Waals surface area contributed by atoms with Gasteiger partial charge in [-0.3, -0.25) is 9.59 Å². The number of carbonyl (C=O) groups excluding carboxylic acids is 2. The molecule has 0 bridgehead atoms. The van der Waals surface area contributed by atoms with Crippen LogP contribution in [-0.2, 0) is 9.59 Å². The molecule has 6 rings (SSSR count). The molecule has 2 atom stereocenters. The predicted octanol–water partition coefficient (Wildman–Crippen LogP) is 10.9. The lowest BCUT2D eigenvalue weighted by molar-refractivity contribution is -0.125. The van der Waals surface area contributed by atoms with Gasteiger partial charge in [-0.15, -0.1) is 22.7 Å². The van der Waals surface area contributed by atoms with Gasteiger partial charge < -0.3 is 19.3 Å². The van der Waals surface area contributed by atoms with Crippen molar-refractivity contribution in [3.63, 3.8) is 0 Å². The van der Waals surface area contributed by atoms with Crippen molar-refractivity contribution < 1.29 is 19.1 Å². The predicted molar refractivity (Wildman–Crippen MR) is 207 cm³/mol. The second-order valence-corrected chi connectivity index (χ2v) is 15.2. The standard InChI is InChI=1S/C42H48N2O4S2/c1-7-11-13-29(9-3)43-39(35-25-23-33(49-35)27-15-19-31(47-5)20-16-27)37-38(41(43)45)40(44(42(37)46)30(10-4)14-12-8-2)36-26-24-34(50-36)28-17-21-32(48-6)22-18-28/h15-26,29-30H,7-14H2,1-6H3. The van der Waals surface area contributed by atoms with E-state index in [1.165, 1.54) is 0 Å². The number of thiophene rings is 2. The Balaban J connectivity index is 1.55. The van der Waals surface area contributed by atoms with Crippen molar-refractivity contribution in [3.05, 3.63) is 93.7 Å². The molecule has 0 N–H and O–H groups in total. The summed E-state index contributed by atoms with van der Waals surface area (Å²) < 4.78 is 10.8. The number of unbranched alkanes of at least 4 members (excludes halogenated alkanes) is 2. The van der Waals surface area contributed by atoms with Gasteiger partial charge in [-0.1, -0.05) is 53.4 Å². The third-order valence-electron chi connectivity index (χ3n) is 9.95. The summed E-state index contributed by atoms with van der Waals surface area (Å²) in [4.78, 5) is 38.2. The van der Waals surface area contributed by atoms with Gasteiger partial charge in [-0.2, -0.15) is 0 Å². The molecule has 0 radical (unpaired) electrons. The summed E-state index contributed by atoms with van der Waals surface area (Å²) in [6.07, 6.45) is 7.54. The largest absolute Gasteiger partial charge is 0.497 e. The van der Waals surface area contributed by atoms with Crippen LogP contribution in [0.5, 0.6) is 11.5 Å². The maximum Gasteiger partial charge on any atom is 0.261 e. The van der Waals surface area contributed by atoms with Crippen LogP contribution in [0.1, 0.15) is 88.8 Å². The number of hydrogen-bond donors (Lipinski definition) is 0. The van der Waals surface area contributed by atoms with Crippen LogP contribution in [0.3, 0.4) is 0 Å². The van der Waals surface area contributed by atoms with Crippen molar-refractivity contribution in [2.24, 2.45) is 0 Å². The first-order valence-electron chi connectivity index (χ1n) is 18.0. The Hall–Kier alpha value is -4.14. The molecule has 2 aliphatic heterocycles. The van der Waals surface area contributed by atoms with Gasteiger partial charge in [-0.25, -0.2) is 0 Å². The molecule has 8 heteroatoms. The van der Waals surface area contributed by atoms with Crippen LogP contribution in [0.15, 0.2) is 83.9 Å². The number of methoxy groups -OCH3 is 2. The van der Waals surface area contributed by atoms with Crippen LogP contribution in [0.2, 0.25) is 0 Å². The number of fused-ring (bicyclic) bond motifs is 1. The summed E-state index contributed by atoms with van der Waals surface area (Å²) >= 11 is 3.28. The quantitative estimate of drug-likeness (QED) is 0.116. The molecule has 4 heterocycles. The lowest BCUT2D eigenvalue weighted by atomic mass is 10.0. The first-order chi connectivity index (χ1) is 24.4. The molecule has 6 nitrogen and oxygen atoms in total. The van der Waals surface area contributed by atoms with Gasteiger partial charge >= 0.3 is 0 Å². The van der Waals surface area contributed by atoms with Crippen LogP contribution < -0.4 is 9.47 Å². The van der Waals surface area contributed by atoms with Crippen LogP contribution in [0.4, 0.5) is 0 Å². The van der Waals surface area contributed by atoms with E-state index in [-0.39, 0.29) is 23.9 Å². The monoisotopic (exact) mass is 708 g/mol. The highest BCUT2D eigenvalue weighted by Crippen LogP contribution is 2.52. The zero-order valence-electron chi connectivity index (χ0n) is 30.1. The molecule has 2 amide bonds. The summed E-state index contributed by atoms with van der Waals surface area (Å²) in [7, 11) is 3.34. The Labute approximate surface area is 305 Å². The molecular formula is C42H48N2O4S2. The zero-order chi connectivity index (χ0) is 35.4. The molecule has 2 aromatic heterocycles. The van der Waals surface area contributed by atoms with E-state index in [2.05, 4.69) is 76.2 Å². The van der Waals surface area contributed by atoms with Gasteiger partial charge in [0, 0.05) is 21.8 Å². The summed E-state index contributed by atoms with van der Waals surface area (Å²) in [5.41, 5.74) is 4.84. The molecule has 4 aromatic rings. The second kappa shape index (κ2) is 15.8. The molecule has 2 unspecified atom stereocenters. The van der Waals surface area contributed by atoms with Crippen molar-refractivity contribution in [1.29, 1.82) is 0 Å². The fourth-order valence-electron chi connectivity index (χ4n) is 7.18. The number of benzene rings is 2. The third-order valence-corrected chi connectivity index (χ3v) is 12.2. The fraction of sp³-hybridized carbons (Fsp3) is 0.381. The van der Waals surface area contributed by atoms with E-state index in [1.807, 2.05) is 34.1 Å². The zero-order valence-corrected chi connectivity index (χ0v) is 31.7. The van der Waals surface area contributed by atoms with Crippen molar-refractivity contribution in [2.45, 2.75) is 91.1 Å². The Kier molecular flexibility index (Phi) is 11.3. The average Bonchev–Trinajstić information content (AvgIpc) is 3.95. The van der Waals surface area contributed by atoms with Gasteiger partial charge in [0.25, 0.3) is 11.8 Å². The van der Waals surface area contributed by atoms with Crippen LogP contribution in [0.25, 0.3) is 32.3 Å². The summed E-state index contributed by atoms with van der Waals surface area (Å²) in [6.45, 7) is 8.69. The lowest BCUT2D eigenvalue weighted by Gasteiger charge is -2.33. The fourth-order valence-corrected chi connectivity index (χ4v) is 9.30. The van der Waals surface area contributed by atoms with E-state index in [9.17, 15) is 0 Å². The first-order valence-corrected chi connectivity index (χ1v) is 19.7. The van der Waals surface area contributed by atoms with Crippen LogP contribution in [-0.4, -0.2) is 47.9 Å². The van der Waals surface area contributed by atoms with Gasteiger partial charge in [0.05, 0.1) is 46.5 Å². The minimum Gasteiger partial charge on any atom is -0.497 e. The molecule has 0 saturated carbocycles. The van der Waals surface area contributed by atoms with Gasteiger partial charge in [-0.05, 0) is 110 Å². The Bertz CT molecular complexity index is 1740. The number of hydrogen-bond acceptors (Lipinski definition) is 6. The maximum atomic E-state index is 15.1. The minimum absolute atomic E-state index is 0.00246.